The molecule has 3 aromatic carbocycles. The molecule has 0 unspecified atom stereocenters. The first kappa shape index (κ1) is 33.6. The number of aromatic nitrogens is 1. The predicted molar refractivity (Wildman–Crippen MR) is 165 cm³/mol. The van der Waals surface area contributed by atoms with Crippen LogP contribution in [0.25, 0.3) is 11.3 Å². The number of hydrogen-bond donors (Lipinski definition) is 2. The van der Waals surface area contributed by atoms with Crippen molar-refractivity contribution in [1.29, 1.82) is 0 Å². The molecule has 11 heteroatoms. The van der Waals surface area contributed by atoms with Gasteiger partial charge in [0.25, 0.3) is 0 Å². The van der Waals surface area contributed by atoms with Crippen molar-refractivity contribution in [3.63, 3.8) is 0 Å². The highest BCUT2D eigenvalue weighted by molar-refractivity contribution is 5.60. The summed E-state index contributed by atoms with van der Waals surface area (Å²) in [4.78, 5) is 8.54. The zero-order chi connectivity index (χ0) is 32.7. The number of benzene rings is 3. The van der Waals surface area contributed by atoms with E-state index < -0.39 is 35.3 Å². The molecule has 0 spiro atoms. The zero-order valence-electron chi connectivity index (χ0n) is 25.1. The summed E-state index contributed by atoms with van der Waals surface area (Å²) >= 11 is 0. The molecule has 244 valence electrons. The quantitative estimate of drug-likeness (QED) is 0.134. The Bertz CT molecular complexity index is 1480. The third kappa shape index (κ3) is 8.52. The van der Waals surface area contributed by atoms with Gasteiger partial charge >= 0.3 is 12.4 Å². The lowest BCUT2D eigenvalue weighted by Crippen LogP contribution is -2.48. The number of halogens is 6. The molecule has 1 saturated heterocycles. The van der Waals surface area contributed by atoms with E-state index >= 15 is 0 Å². The van der Waals surface area contributed by atoms with E-state index in [-0.39, 0.29) is 23.8 Å². The Morgan fingerprint density at radius 2 is 1.30 bits per heavy atom. The maximum absolute atomic E-state index is 13.9. The van der Waals surface area contributed by atoms with Gasteiger partial charge in [0.2, 0.25) is 0 Å². The Balaban J connectivity index is 1.11. The minimum atomic E-state index is -4.86. The van der Waals surface area contributed by atoms with Crippen LogP contribution in [0.2, 0.25) is 0 Å². The summed E-state index contributed by atoms with van der Waals surface area (Å²) in [5.74, 6) is 0. The standard InChI is InChI=1S/C35H36F6N4O/c36-34(37,38)28-14-12-25(13-15-28)30-17-16-29(33(43-30)35(39,40)41)31(46)24-42-18-7-19-44-20-22-45(23-21-44)32(26-8-3-1-4-9-26)27-10-5-2-6-11-27/h1-6,8-17,31-32,42,46H,7,18-24H2/t31-/m1/s1. The largest absolute Gasteiger partial charge is 0.433 e. The summed E-state index contributed by atoms with van der Waals surface area (Å²) in [5.41, 5.74) is -0.0870. The second-order valence-electron chi connectivity index (χ2n) is 11.4. The Morgan fingerprint density at radius 3 is 1.85 bits per heavy atom. The predicted octanol–water partition coefficient (Wildman–Crippen LogP) is 7.21. The SMILES string of the molecule is O[C@H](CNCCCN1CCN(C(c2ccccc2)c2ccccc2)CC1)c1ccc(-c2ccc(C(F)(F)F)cc2)nc1C(F)(F)F. The minimum absolute atomic E-state index is 0.103. The molecule has 0 aliphatic carbocycles. The average molecular weight is 643 g/mol. The van der Waals surface area contributed by atoms with Crippen LogP contribution in [0, 0.1) is 0 Å². The number of pyridine rings is 1. The monoisotopic (exact) mass is 642 g/mol. The Kier molecular flexibility index (Phi) is 10.8. The van der Waals surface area contributed by atoms with Crippen LogP contribution in [0.1, 0.15) is 46.5 Å². The molecule has 1 fully saturated rings. The van der Waals surface area contributed by atoms with Gasteiger partial charge in [-0.2, -0.15) is 26.3 Å². The van der Waals surface area contributed by atoms with E-state index in [2.05, 4.69) is 68.6 Å². The van der Waals surface area contributed by atoms with Crippen molar-refractivity contribution >= 4 is 0 Å². The molecule has 0 radical (unpaired) electrons. The number of nitrogens with one attached hydrogen (secondary N) is 1. The Morgan fingerprint density at radius 1 is 0.717 bits per heavy atom. The number of nitrogens with zero attached hydrogens (tertiary/aromatic N) is 3. The highest BCUT2D eigenvalue weighted by Gasteiger charge is 2.37. The fourth-order valence-electron chi connectivity index (χ4n) is 5.86. The number of aliphatic hydroxyl groups excluding tert-OH is 1. The molecule has 0 bridgehead atoms. The van der Waals surface area contributed by atoms with E-state index in [9.17, 15) is 31.4 Å². The van der Waals surface area contributed by atoms with E-state index in [1.807, 2.05) is 12.1 Å². The summed E-state index contributed by atoms with van der Waals surface area (Å²) in [5, 5.41) is 13.7. The molecule has 0 amide bonds. The van der Waals surface area contributed by atoms with Gasteiger partial charge in [-0.3, -0.25) is 4.90 Å². The van der Waals surface area contributed by atoms with Crippen LogP contribution in [0.3, 0.4) is 0 Å². The van der Waals surface area contributed by atoms with E-state index in [1.165, 1.54) is 17.2 Å². The van der Waals surface area contributed by atoms with Crippen molar-refractivity contribution in [2.45, 2.75) is 30.9 Å². The number of hydrogen-bond acceptors (Lipinski definition) is 5. The molecule has 1 atom stereocenters. The van der Waals surface area contributed by atoms with Gasteiger partial charge in [-0.25, -0.2) is 4.98 Å². The summed E-state index contributed by atoms with van der Waals surface area (Å²) in [6.07, 6.45) is -10.1. The number of alkyl halides is 6. The highest BCUT2D eigenvalue weighted by atomic mass is 19.4. The van der Waals surface area contributed by atoms with Gasteiger partial charge in [-0.05, 0) is 48.8 Å². The smallest absolute Gasteiger partial charge is 0.387 e. The van der Waals surface area contributed by atoms with Crippen LogP contribution >= 0.6 is 0 Å². The van der Waals surface area contributed by atoms with Gasteiger partial charge in [-0.1, -0.05) is 78.9 Å². The number of aliphatic hydroxyl groups is 1. The van der Waals surface area contributed by atoms with Crippen LogP contribution < -0.4 is 5.32 Å². The first-order valence-corrected chi connectivity index (χ1v) is 15.2. The van der Waals surface area contributed by atoms with Crippen LogP contribution in [0.4, 0.5) is 26.3 Å². The van der Waals surface area contributed by atoms with Gasteiger partial charge in [-0.15, -0.1) is 0 Å². The fourth-order valence-corrected chi connectivity index (χ4v) is 5.86. The highest BCUT2D eigenvalue weighted by Crippen LogP contribution is 2.36. The van der Waals surface area contributed by atoms with Crippen molar-refractivity contribution < 1.29 is 31.4 Å². The van der Waals surface area contributed by atoms with Crippen molar-refractivity contribution in [2.75, 3.05) is 45.8 Å². The molecule has 2 N–H and O–H groups in total. The number of piperazine rings is 1. The molecule has 2 heterocycles. The molecule has 1 aromatic heterocycles. The molecule has 4 aromatic rings. The van der Waals surface area contributed by atoms with E-state index in [0.29, 0.717) is 6.54 Å². The Labute approximate surface area is 264 Å². The van der Waals surface area contributed by atoms with Gasteiger partial charge in [0.15, 0.2) is 5.69 Å². The summed E-state index contributed by atoms with van der Waals surface area (Å²) < 4.78 is 80.3. The first-order chi connectivity index (χ1) is 22.0. The lowest BCUT2D eigenvalue weighted by Gasteiger charge is -2.40. The van der Waals surface area contributed by atoms with Crippen LogP contribution in [0.15, 0.2) is 97.1 Å². The molecular formula is C35H36F6N4O. The van der Waals surface area contributed by atoms with Crippen LogP contribution in [-0.4, -0.2) is 65.7 Å². The molecule has 1 aliphatic heterocycles. The zero-order valence-corrected chi connectivity index (χ0v) is 25.1. The third-order valence-corrected chi connectivity index (χ3v) is 8.23. The summed E-state index contributed by atoms with van der Waals surface area (Å²) in [6, 6.07) is 27.2. The lowest BCUT2D eigenvalue weighted by molar-refractivity contribution is -0.142. The molecule has 5 rings (SSSR count). The maximum atomic E-state index is 13.9. The van der Waals surface area contributed by atoms with Crippen molar-refractivity contribution in [1.82, 2.24) is 20.1 Å². The van der Waals surface area contributed by atoms with Crippen LogP contribution in [-0.2, 0) is 12.4 Å². The number of rotatable bonds is 11. The lowest BCUT2D eigenvalue weighted by atomic mass is 9.96. The second-order valence-corrected chi connectivity index (χ2v) is 11.4. The topological polar surface area (TPSA) is 51.6 Å². The van der Waals surface area contributed by atoms with Gasteiger partial charge in [0, 0.05) is 43.9 Å². The maximum Gasteiger partial charge on any atom is 0.433 e. The van der Waals surface area contributed by atoms with E-state index in [4.69, 9.17) is 0 Å². The van der Waals surface area contributed by atoms with Gasteiger partial charge in [0.05, 0.1) is 23.4 Å². The molecule has 46 heavy (non-hydrogen) atoms. The molecule has 0 saturated carbocycles. The minimum Gasteiger partial charge on any atom is -0.387 e. The third-order valence-electron chi connectivity index (χ3n) is 8.23. The van der Waals surface area contributed by atoms with E-state index in [0.717, 1.165) is 69.5 Å². The molecule has 1 aliphatic rings. The first-order valence-electron chi connectivity index (χ1n) is 15.2. The normalized spacial score (nSPS) is 15.7. The van der Waals surface area contributed by atoms with Crippen molar-refractivity contribution in [2.24, 2.45) is 0 Å². The molecular weight excluding hydrogens is 606 g/mol. The fraction of sp³-hybridized carbons (Fsp3) is 0.343. The Hall–Kier alpha value is -3.77. The summed E-state index contributed by atoms with van der Waals surface area (Å²) in [6.45, 7) is 4.80. The summed E-state index contributed by atoms with van der Waals surface area (Å²) in [7, 11) is 0. The van der Waals surface area contributed by atoms with Crippen molar-refractivity contribution in [3.05, 3.63) is 125 Å². The van der Waals surface area contributed by atoms with Gasteiger partial charge in [0.1, 0.15) is 0 Å². The second kappa shape index (κ2) is 14.8. The van der Waals surface area contributed by atoms with Crippen molar-refractivity contribution in [3.8, 4) is 11.3 Å². The molecule has 5 nitrogen and oxygen atoms in total. The van der Waals surface area contributed by atoms with E-state index in [1.54, 1.807) is 0 Å². The van der Waals surface area contributed by atoms with Crippen LogP contribution in [0.5, 0.6) is 0 Å². The van der Waals surface area contributed by atoms with Gasteiger partial charge < -0.3 is 15.3 Å². The average Bonchev–Trinajstić information content (AvgIpc) is 3.05.